The molecule has 1 heterocycles. The number of aromatic nitrogens is 2. The van der Waals surface area contributed by atoms with Crippen LogP contribution in [0, 0.1) is 5.82 Å². The average molecular weight is 247 g/mol. The highest BCUT2D eigenvalue weighted by molar-refractivity contribution is 5.19. The molecule has 96 valence electrons. The SMILES string of the molecule is CCn1cc(CN[C@H](C)c2cccc(F)c2)cn1. The summed E-state index contributed by atoms with van der Waals surface area (Å²) in [7, 11) is 0. The monoisotopic (exact) mass is 247 g/mol. The summed E-state index contributed by atoms with van der Waals surface area (Å²) in [6.45, 7) is 5.69. The first kappa shape index (κ1) is 12.8. The van der Waals surface area contributed by atoms with Crippen molar-refractivity contribution in [3.8, 4) is 0 Å². The highest BCUT2D eigenvalue weighted by Gasteiger charge is 2.06. The molecule has 0 fully saturated rings. The Morgan fingerprint density at radius 2 is 2.28 bits per heavy atom. The summed E-state index contributed by atoms with van der Waals surface area (Å²) in [5.41, 5.74) is 2.10. The van der Waals surface area contributed by atoms with Gasteiger partial charge in [-0.05, 0) is 31.5 Å². The van der Waals surface area contributed by atoms with Gasteiger partial charge in [0.2, 0.25) is 0 Å². The fourth-order valence-electron chi connectivity index (χ4n) is 1.84. The van der Waals surface area contributed by atoms with Gasteiger partial charge in [0.25, 0.3) is 0 Å². The molecule has 1 atom stereocenters. The van der Waals surface area contributed by atoms with Crippen molar-refractivity contribution < 1.29 is 4.39 Å². The summed E-state index contributed by atoms with van der Waals surface area (Å²) in [4.78, 5) is 0. The minimum Gasteiger partial charge on any atom is -0.306 e. The first-order valence-electron chi connectivity index (χ1n) is 6.19. The number of halogens is 1. The maximum atomic E-state index is 13.1. The standard InChI is InChI=1S/C14H18FN3/c1-3-18-10-12(9-17-18)8-16-11(2)13-5-4-6-14(15)7-13/h4-7,9-11,16H,3,8H2,1-2H3/t11-/m1/s1. The van der Waals surface area contributed by atoms with Gasteiger partial charge in [-0.1, -0.05) is 12.1 Å². The predicted molar refractivity (Wildman–Crippen MR) is 69.6 cm³/mol. The normalized spacial score (nSPS) is 12.6. The third-order valence-corrected chi connectivity index (χ3v) is 2.97. The largest absolute Gasteiger partial charge is 0.306 e. The van der Waals surface area contributed by atoms with E-state index in [2.05, 4.69) is 17.3 Å². The molecule has 0 aliphatic rings. The Morgan fingerprint density at radius 3 is 2.94 bits per heavy atom. The Kier molecular flexibility index (Phi) is 4.10. The summed E-state index contributed by atoms with van der Waals surface area (Å²) < 4.78 is 15.0. The van der Waals surface area contributed by atoms with E-state index in [0.29, 0.717) is 0 Å². The van der Waals surface area contributed by atoms with E-state index in [1.165, 1.54) is 6.07 Å². The Morgan fingerprint density at radius 1 is 1.44 bits per heavy atom. The summed E-state index contributed by atoms with van der Waals surface area (Å²) >= 11 is 0. The molecule has 2 aromatic rings. The van der Waals surface area contributed by atoms with E-state index in [-0.39, 0.29) is 11.9 Å². The molecule has 0 bridgehead atoms. The molecule has 0 spiro atoms. The van der Waals surface area contributed by atoms with Gasteiger partial charge >= 0.3 is 0 Å². The van der Waals surface area contributed by atoms with Crippen LogP contribution in [0.4, 0.5) is 4.39 Å². The molecule has 1 aromatic heterocycles. The molecule has 1 aromatic carbocycles. The van der Waals surface area contributed by atoms with Crippen LogP contribution in [0.5, 0.6) is 0 Å². The lowest BCUT2D eigenvalue weighted by Gasteiger charge is -2.13. The quantitative estimate of drug-likeness (QED) is 0.880. The molecule has 2 rings (SSSR count). The molecule has 0 unspecified atom stereocenters. The Bertz CT molecular complexity index is 507. The number of benzene rings is 1. The summed E-state index contributed by atoms with van der Waals surface area (Å²) in [5, 5.41) is 7.58. The fraction of sp³-hybridized carbons (Fsp3) is 0.357. The predicted octanol–water partition coefficient (Wildman–Crippen LogP) is 2.89. The molecule has 0 saturated heterocycles. The summed E-state index contributed by atoms with van der Waals surface area (Å²) in [6.07, 6.45) is 3.88. The van der Waals surface area contributed by atoms with Crippen LogP contribution < -0.4 is 5.32 Å². The van der Waals surface area contributed by atoms with Crippen molar-refractivity contribution >= 4 is 0 Å². The molecule has 0 aliphatic carbocycles. The number of hydrogen-bond acceptors (Lipinski definition) is 2. The van der Waals surface area contributed by atoms with Gasteiger partial charge in [0.1, 0.15) is 5.82 Å². The summed E-state index contributed by atoms with van der Waals surface area (Å²) in [5.74, 6) is -0.194. The van der Waals surface area contributed by atoms with Crippen molar-refractivity contribution in [2.45, 2.75) is 33.0 Å². The van der Waals surface area contributed by atoms with E-state index in [9.17, 15) is 4.39 Å². The molecule has 18 heavy (non-hydrogen) atoms. The molecular weight excluding hydrogens is 229 g/mol. The smallest absolute Gasteiger partial charge is 0.123 e. The zero-order chi connectivity index (χ0) is 13.0. The number of nitrogens with one attached hydrogen (secondary N) is 1. The van der Waals surface area contributed by atoms with Crippen molar-refractivity contribution in [1.29, 1.82) is 0 Å². The Hall–Kier alpha value is -1.68. The second-order valence-corrected chi connectivity index (χ2v) is 4.36. The van der Waals surface area contributed by atoms with Crippen LogP contribution in [0.25, 0.3) is 0 Å². The van der Waals surface area contributed by atoms with Crippen LogP contribution in [0.15, 0.2) is 36.7 Å². The van der Waals surface area contributed by atoms with Gasteiger partial charge in [-0.25, -0.2) is 4.39 Å². The van der Waals surface area contributed by atoms with Gasteiger partial charge in [-0.15, -0.1) is 0 Å². The van der Waals surface area contributed by atoms with Gasteiger partial charge in [0.05, 0.1) is 6.20 Å². The van der Waals surface area contributed by atoms with Crippen molar-refractivity contribution in [3.63, 3.8) is 0 Å². The van der Waals surface area contributed by atoms with Crippen LogP contribution in [0.1, 0.15) is 31.0 Å². The van der Waals surface area contributed by atoms with Crippen LogP contribution >= 0.6 is 0 Å². The second kappa shape index (κ2) is 5.78. The van der Waals surface area contributed by atoms with Crippen molar-refractivity contribution in [2.24, 2.45) is 0 Å². The van der Waals surface area contributed by atoms with Gasteiger partial charge in [0.15, 0.2) is 0 Å². The van der Waals surface area contributed by atoms with Crippen LogP contribution in [0.3, 0.4) is 0 Å². The molecule has 0 amide bonds. The molecule has 0 aliphatic heterocycles. The van der Waals surface area contributed by atoms with Crippen LogP contribution in [0.2, 0.25) is 0 Å². The topological polar surface area (TPSA) is 29.9 Å². The zero-order valence-electron chi connectivity index (χ0n) is 10.7. The van der Waals surface area contributed by atoms with Gasteiger partial charge in [-0.3, -0.25) is 4.68 Å². The maximum Gasteiger partial charge on any atom is 0.123 e. The van der Waals surface area contributed by atoms with Gasteiger partial charge < -0.3 is 5.32 Å². The first-order valence-corrected chi connectivity index (χ1v) is 6.19. The minimum absolute atomic E-state index is 0.116. The molecule has 0 radical (unpaired) electrons. The second-order valence-electron chi connectivity index (χ2n) is 4.36. The number of rotatable bonds is 5. The van der Waals surface area contributed by atoms with Gasteiger partial charge in [-0.2, -0.15) is 5.10 Å². The minimum atomic E-state index is -0.194. The lowest BCUT2D eigenvalue weighted by molar-refractivity contribution is 0.564. The Labute approximate surface area is 107 Å². The van der Waals surface area contributed by atoms with Crippen LogP contribution in [-0.4, -0.2) is 9.78 Å². The molecule has 4 heteroatoms. The lowest BCUT2D eigenvalue weighted by atomic mass is 10.1. The molecular formula is C14H18FN3. The summed E-state index contributed by atoms with van der Waals surface area (Å²) in [6, 6.07) is 6.80. The van der Waals surface area contributed by atoms with E-state index in [1.54, 1.807) is 12.1 Å². The third kappa shape index (κ3) is 3.17. The number of hydrogen-bond donors (Lipinski definition) is 1. The van der Waals surface area contributed by atoms with Crippen LogP contribution in [-0.2, 0) is 13.1 Å². The molecule has 0 saturated carbocycles. The van der Waals surface area contributed by atoms with Crippen molar-refractivity contribution in [3.05, 3.63) is 53.6 Å². The van der Waals surface area contributed by atoms with E-state index >= 15 is 0 Å². The number of nitrogens with zero attached hydrogens (tertiary/aromatic N) is 2. The maximum absolute atomic E-state index is 13.1. The molecule has 3 nitrogen and oxygen atoms in total. The zero-order valence-corrected chi connectivity index (χ0v) is 10.7. The third-order valence-electron chi connectivity index (χ3n) is 2.97. The highest BCUT2D eigenvalue weighted by Crippen LogP contribution is 2.14. The number of aryl methyl sites for hydroxylation is 1. The van der Waals surface area contributed by atoms with Crippen molar-refractivity contribution in [2.75, 3.05) is 0 Å². The van der Waals surface area contributed by atoms with E-state index < -0.39 is 0 Å². The average Bonchev–Trinajstić information content (AvgIpc) is 2.84. The van der Waals surface area contributed by atoms with E-state index in [0.717, 1.165) is 24.2 Å². The lowest BCUT2D eigenvalue weighted by Crippen LogP contribution is -2.17. The Balaban J connectivity index is 1.93. The molecule has 1 N–H and O–H groups in total. The van der Waals surface area contributed by atoms with Gasteiger partial charge in [0, 0.05) is 30.9 Å². The highest BCUT2D eigenvalue weighted by atomic mass is 19.1. The van der Waals surface area contributed by atoms with E-state index in [4.69, 9.17) is 0 Å². The van der Waals surface area contributed by atoms with E-state index in [1.807, 2.05) is 30.1 Å². The fourth-order valence-corrected chi connectivity index (χ4v) is 1.84. The van der Waals surface area contributed by atoms with Crippen molar-refractivity contribution in [1.82, 2.24) is 15.1 Å². The first-order chi connectivity index (χ1) is 8.69.